The highest BCUT2D eigenvalue weighted by molar-refractivity contribution is 6.17. The summed E-state index contributed by atoms with van der Waals surface area (Å²) in [5.74, 6) is 1.54. The number of aromatic nitrogens is 2. The van der Waals surface area contributed by atoms with E-state index in [1.807, 2.05) is 18.2 Å². The van der Waals surface area contributed by atoms with Crippen molar-refractivity contribution in [2.75, 3.05) is 5.88 Å². The Morgan fingerprint density at radius 3 is 2.89 bits per heavy atom. The Labute approximate surface area is 118 Å². The molecule has 1 heterocycles. The van der Waals surface area contributed by atoms with Gasteiger partial charge in [0.25, 0.3) is 0 Å². The van der Waals surface area contributed by atoms with E-state index in [1.54, 1.807) is 0 Å². The number of hydrogen-bond donors (Lipinski definition) is 0. The number of nitriles is 1. The lowest BCUT2D eigenvalue weighted by Gasteiger charge is -2.07. The Balaban J connectivity index is 2.45. The van der Waals surface area contributed by atoms with E-state index in [9.17, 15) is 0 Å². The first-order valence-corrected chi connectivity index (χ1v) is 7.29. The molecule has 0 atom stereocenters. The third-order valence-corrected chi connectivity index (χ3v) is 3.47. The third-order valence-electron chi connectivity index (χ3n) is 3.28. The minimum Gasteiger partial charge on any atom is -0.328 e. The SMILES string of the molecule is CCCCCn1c(CCCl)nc2c(C#N)cccc21. The second kappa shape index (κ2) is 6.58. The lowest BCUT2D eigenvalue weighted by atomic mass is 10.2. The first kappa shape index (κ1) is 13.9. The number of aryl methyl sites for hydroxylation is 2. The Kier molecular flexibility index (Phi) is 4.81. The van der Waals surface area contributed by atoms with Crippen molar-refractivity contribution in [2.45, 2.75) is 39.2 Å². The summed E-state index contributed by atoms with van der Waals surface area (Å²) in [5.41, 5.74) is 2.50. The monoisotopic (exact) mass is 275 g/mol. The van der Waals surface area contributed by atoms with Gasteiger partial charge in [-0.05, 0) is 18.6 Å². The number of benzene rings is 1. The minimum absolute atomic E-state index is 0.555. The lowest BCUT2D eigenvalue weighted by molar-refractivity contribution is 0.594. The summed E-state index contributed by atoms with van der Waals surface area (Å²) in [6, 6.07) is 7.98. The molecule has 1 aromatic heterocycles. The van der Waals surface area contributed by atoms with Crippen molar-refractivity contribution < 1.29 is 0 Å². The largest absolute Gasteiger partial charge is 0.328 e. The van der Waals surface area contributed by atoms with Gasteiger partial charge < -0.3 is 4.57 Å². The molecular formula is C15H18ClN3. The number of unbranched alkanes of at least 4 members (excludes halogenated alkanes) is 2. The Morgan fingerprint density at radius 1 is 1.37 bits per heavy atom. The Bertz CT molecular complexity index is 595. The topological polar surface area (TPSA) is 41.6 Å². The predicted molar refractivity (Wildman–Crippen MR) is 78.4 cm³/mol. The van der Waals surface area contributed by atoms with E-state index in [4.69, 9.17) is 16.9 Å². The van der Waals surface area contributed by atoms with E-state index < -0.39 is 0 Å². The van der Waals surface area contributed by atoms with Crippen molar-refractivity contribution in [1.82, 2.24) is 9.55 Å². The molecule has 0 saturated heterocycles. The van der Waals surface area contributed by atoms with Crippen LogP contribution in [0.2, 0.25) is 0 Å². The summed E-state index contributed by atoms with van der Waals surface area (Å²) >= 11 is 5.85. The maximum Gasteiger partial charge on any atom is 0.111 e. The molecule has 0 unspecified atom stereocenters. The molecule has 2 aromatic rings. The van der Waals surface area contributed by atoms with Crippen LogP contribution in [-0.2, 0) is 13.0 Å². The number of alkyl halides is 1. The van der Waals surface area contributed by atoms with E-state index in [2.05, 4.69) is 22.5 Å². The molecule has 0 aliphatic heterocycles. The number of rotatable bonds is 6. The van der Waals surface area contributed by atoms with Crippen LogP contribution in [0.1, 0.15) is 37.6 Å². The number of imidazole rings is 1. The van der Waals surface area contributed by atoms with Crippen molar-refractivity contribution in [2.24, 2.45) is 0 Å². The molecule has 0 aliphatic rings. The van der Waals surface area contributed by atoms with Gasteiger partial charge in [-0.25, -0.2) is 4.98 Å². The van der Waals surface area contributed by atoms with E-state index in [-0.39, 0.29) is 0 Å². The first-order valence-electron chi connectivity index (χ1n) is 6.76. The van der Waals surface area contributed by atoms with E-state index in [1.165, 1.54) is 12.8 Å². The molecule has 0 spiro atoms. The third kappa shape index (κ3) is 2.90. The highest BCUT2D eigenvalue weighted by Gasteiger charge is 2.12. The molecule has 0 aliphatic carbocycles. The van der Waals surface area contributed by atoms with Crippen molar-refractivity contribution in [3.63, 3.8) is 0 Å². The molecule has 0 amide bonds. The number of halogens is 1. The van der Waals surface area contributed by atoms with E-state index in [0.717, 1.165) is 36.2 Å². The van der Waals surface area contributed by atoms with Crippen LogP contribution in [0.3, 0.4) is 0 Å². The fourth-order valence-corrected chi connectivity index (χ4v) is 2.50. The molecule has 1 aromatic carbocycles. The smallest absolute Gasteiger partial charge is 0.111 e. The molecule has 0 fully saturated rings. The summed E-state index contributed by atoms with van der Waals surface area (Å²) in [6.45, 7) is 3.14. The van der Waals surface area contributed by atoms with Gasteiger partial charge in [-0.15, -0.1) is 11.6 Å². The zero-order chi connectivity index (χ0) is 13.7. The zero-order valence-electron chi connectivity index (χ0n) is 11.2. The van der Waals surface area contributed by atoms with Crippen LogP contribution < -0.4 is 0 Å². The molecule has 0 N–H and O–H groups in total. The number of hydrogen-bond acceptors (Lipinski definition) is 2. The molecule has 0 radical (unpaired) electrons. The first-order chi connectivity index (χ1) is 9.31. The fourth-order valence-electron chi connectivity index (χ4n) is 2.33. The fraction of sp³-hybridized carbons (Fsp3) is 0.467. The van der Waals surface area contributed by atoms with Crippen LogP contribution in [0.4, 0.5) is 0 Å². The molecule has 0 bridgehead atoms. The van der Waals surface area contributed by atoms with Crippen molar-refractivity contribution >= 4 is 22.6 Å². The molecule has 4 heteroatoms. The van der Waals surface area contributed by atoms with Crippen LogP contribution in [-0.4, -0.2) is 15.4 Å². The highest BCUT2D eigenvalue weighted by atomic mass is 35.5. The van der Waals surface area contributed by atoms with Gasteiger partial charge >= 0.3 is 0 Å². The van der Waals surface area contributed by atoms with Crippen LogP contribution in [0.15, 0.2) is 18.2 Å². The van der Waals surface area contributed by atoms with Crippen molar-refractivity contribution in [1.29, 1.82) is 5.26 Å². The van der Waals surface area contributed by atoms with Crippen LogP contribution >= 0.6 is 11.6 Å². The zero-order valence-corrected chi connectivity index (χ0v) is 12.0. The molecule has 19 heavy (non-hydrogen) atoms. The van der Waals surface area contributed by atoms with Crippen LogP contribution in [0.5, 0.6) is 0 Å². The average molecular weight is 276 g/mol. The predicted octanol–water partition coefficient (Wildman–Crippen LogP) is 3.88. The molecule has 3 nitrogen and oxygen atoms in total. The van der Waals surface area contributed by atoms with Gasteiger partial charge in [0.2, 0.25) is 0 Å². The summed E-state index contributed by atoms with van der Waals surface area (Å²) in [7, 11) is 0. The second-order valence-electron chi connectivity index (χ2n) is 4.61. The summed E-state index contributed by atoms with van der Waals surface area (Å²) in [4.78, 5) is 4.61. The highest BCUT2D eigenvalue weighted by Crippen LogP contribution is 2.21. The number of nitrogens with zero attached hydrogens (tertiary/aromatic N) is 3. The van der Waals surface area contributed by atoms with Gasteiger partial charge in [0.05, 0.1) is 11.1 Å². The van der Waals surface area contributed by atoms with Gasteiger partial charge in [-0.2, -0.15) is 5.26 Å². The van der Waals surface area contributed by atoms with Gasteiger partial charge in [-0.1, -0.05) is 25.8 Å². The number of para-hydroxylation sites is 1. The summed E-state index contributed by atoms with van der Waals surface area (Å²) < 4.78 is 2.22. The van der Waals surface area contributed by atoms with Crippen LogP contribution in [0, 0.1) is 11.3 Å². The molecule has 100 valence electrons. The van der Waals surface area contributed by atoms with E-state index >= 15 is 0 Å². The standard InChI is InChI=1S/C15H18ClN3/c1-2-3-4-10-19-13-7-5-6-12(11-17)15(13)18-14(19)8-9-16/h5-7H,2-4,8-10H2,1H3. The Morgan fingerprint density at radius 2 is 2.21 bits per heavy atom. The second-order valence-corrected chi connectivity index (χ2v) is 4.99. The molecule has 2 rings (SSSR count). The average Bonchev–Trinajstić information content (AvgIpc) is 2.77. The Hall–Kier alpha value is -1.53. The molecular weight excluding hydrogens is 258 g/mol. The van der Waals surface area contributed by atoms with Crippen LogP contribution in [0.25, 0.3) is 11.0 Å². The summed E-state index contributed by atoms with van der Waals surface area (Å²) in [6.07, 6.45) is 4.28. The maximum absolute atomic E-state index is 9.15. The molecule has 0 saturated carbocycles. The lowest BCUT2D eigenvalue weighted by Crippen LogP contribution is -2.04. The van der Waals surface area contributed by atoms with Gasteiger partial charge in [0.15, 0.2) is 0 Å². The van der Waals surface area contributed by atoms with Gasteiger partial charge in [-0.3, -0.25) is 0 Å². The van der Waals surface area contributed by atoms with Crippen molar-refractivity contribution in [3.8, 4) is 6.07 Å². The minimum atomic E-state index is 0.555. The maximum atomic E-state index is 9.15. The normalized spacial score (nSPS) is 10.8. The van der Waals surface area contributed by atoms with Gasteiger partial charge in [0, 0.05) is 18.8 Å². The quantitative estimate of drug-likeness (QED) is 0.593. The summed E-state index contributed by atoms with van der Waals surface area (Å²) in [5, 5.41) is 9.15. The number of fused-ring (bicyclic) bond motifs is 1. The van der Waals surface area contributed by atoms with Gasteiger partial charge in [0.1, 0.15) is 17.4 Å². The van der Waals surface area contributed by atoms with Crippen molar-refractivity contribution in [3.05, 3.63) is 29.6 Å². The van der Waals surface area contributed by atoms with E-state index in [0.29, 0.717) is 11.4 Å².